The zero-order chi connectivity index (χ0) is 15.7. The van der Waals surface area contributed by atoms with Crippen LogP contribution in [0.2, 0.25) is 0 Å². The van der Waals surface area contributed by atoms with E-state index in [-0.39, 0.29) is 23.8 Å². The van der Waals surface area contributed by atoms with Crippen LogP contribution < -0.4 is 5.32 Å². The number of nitrogens with one attached hydrogen (secondary N) is 1. The maximum absolute atomic E-state index is 12.7. The van der Waals surface area contributed by atoms with Crippen LogP contribution in [-0.2, 0) is 9.59 Å². The van der Waals surface area contributed by atoms with Gasteiger partial charge in [0.05, 0.1) is 12.0 Å². The van der Waals surface area contributed by atoms with Gasteiger partial charge in [-0.25, -0.2) is 0 Å². The first kappa shape index (κ1) is 15.1. The Morgan fingerprint density at radius 3 is 2.45 bits per heavy atom. The molecule has 0 spiro atoms. The van der Waals surface area contributed by atoms with E-state index in [1.54, 1.807) is 11.9 Å². The van der Waals surface area contributed by atoms with Crippen molar-refractivity contribution in [3.63, 3.8) is 0 Å². The number of likely N-dealkylation sites (tertiary alicyclic amines) is 1. The molecule has 2 fully saturated rings. The van der Waals surface area contributed by atoms with Crippen molar-refractivity contribution in [2.75, 3.05) is 7.05 Å². The molecule has 3 rings (SSSR count). The van der Waals surface area contributed by atoms with Gasteiger partial charge in [0, 0.05) is 19.5 Å². The fraction of sp³-hybridized carbons (Fsp3) is 0.556. The Morgan fingerprint density at radius 1 is 1.18 bits per heavy atom. The van der Waals surface area contributed by atoms with E-state index >= 15 is 0 Å². The van der Waals surface area contributed by atoms with Crippen molar-refractivity contribution < 1.29 is 9.59 Å². The van der Waals surface area contributed by atoms with Gasteiger partial charge in [-0.3, -0.25) is 9.59 Å². The van der Waals surface area contributed by atoms with E-state index in [4.69, 9.17) is 0 Å². The molecule has 1 heterocycles. The van der Waals surface area contributed by atoms with E-state index in [1.807, 2.05) is 31.2 Å². The Balaban J connectivity index is 1.79. The third-order valence-corrected chi connectivity index (χ3v) is 5.04. The van der Waals surface area contributed by atoms with Crippen LogP contribution in [0.15, 0.2) is 24.3 Å². The summed E-state index contributed by atoms with van der Waals surface area (Å²) in [6.07, 6.45) is 4.83. The minimum absolute atomic E-state index is 0.0372. The van der Waals surface area contributed by atoms with E-state index < -0.39 is 0 Å². The van der Waals surface area contributed by atoms with Crippen LogP contribution in [0.25, 0.3) is 0 Å². The summed E-state index contributed by atoms with van der Waals surface area (Å²) in [6, 6.07) is 8.30. The second-order valence-electron chi connectivity index (χ2n) is 6.66. The quantitative estimate of drug-likeness (QED) is 0.932. The van der Waals surface area contributed by atoms with Gasteiger partial charge < -0.3 is 10.2 Å². The number of hydrogen-bond acceptors (Lipinski definition) is 2. The summed E-state index contributed by atoms with van der Waals surface area (Å²) in [6.45, 7) is 2.04. The van der Waals surface area contributed by atoms with Gasteiger partial charge in [-0.15, -0.1) is 0 Å². The van der Waals surface area contributed by atoms with Crippen LogP contribution in [0.4, 0.5) is 0 Å². The van der Waals surface area contributed by atoms with Gasteiger partial charge in [0.15, 0.2) is 0 Å². The molecule has 4 heteroatoms. The molecule has 2 atom stereocenters. The van der Waals surface area contributed by atoms with Crippen molar-refractivity contribution in [3.8, 4) is 0 Å². The molecule has 0 radical (unpaired) electrons. The highest BCUT2D eigenvalue weighted by Crippen LogP contribution is 2.37. The maximum atomic E-state index is 12.7. The van der Waals surface area contributed by atoms with Gasteiger partial charge in [0.1, 0.15) is 0 Å². The molecule has 2 aliphatic rings. The average Bonchev–Trinajstić information content (AvgIpc) is 3.10. The van der Waals surface area contributed by atoms with Gasteiger partial charge >= 0.3 is 0 Å². The van der Waals surface area contributed by atoms with Crippen LogP contribution in [0.5, 0.6) is 0 Å². The van der Waals surface area contributed by atoms with Gasteiger partial charge in [-0.05, 0) is 25.3 Å². The smallest absolute Gasteiger partial charge is 0.226 e. The predicted octanol–water partition coefficient (Wildman–Crippen LogP) is 2.57. The third-order valence-electron chi connectivity index (χ3n) is 5.04. The molecular formula is C18H24N2O2. The first-order valence-electron chi connectivity index (χ1n) is 8.19. The lowest BCUT2D eigenvalue weighted by atomic mass is 9.92. The van der Waals surface area contributed by atoms with Crippen molar-refractivity contribution in [2.45, 2.75) is 51.1 Å². The van der Waals surface area contributed by atoms with Gasteiger partial charge in [0.2, 0.25) is 11.8 Å². The van der Waals surface area contributed by atoms with Crippen LogP contribution >= 0.6 is 0 Å². The second kappa shape index (κ2) is 6.11. The highest BCUT2D eigenvalue weighted by atomic mass is 16.2. The summed E-state index contributed by atoms with van der Waals surface area (Å²) < 4.78 is 0. The van der Waals surface area contributed by atoms with E-state index in [1.165, 1.54) is 18.4 Å². The molecule has 1 aliphatic heterocycles. The Kier molecular flexibility index (Phi) is 4.19. The number of carbonyl (C=O) groups is 2. The summed E-state index contributed by atoms with van der Waals surface area (Å²) in [4.78, 5) is 26.5. The van der Waals surface area contributed by atoms with E-state index in [0.29, 0.717) is 12.5 Å². The zero-order valence-electron chi connectivity index (χ0n) is 13.3. The molecule has 22 heavy (non-hydrogen) atoms. The number of nitrogens with zero attached hydrogens (tertiary/aromatic N) is 1. The molecule has 2 amide bonds. The average molecular weight is 300 g/mol. The number of hydrogen-bond donors (Lipinski definition) is 1. The standard InChI is InChI=1S/C18H24N2O2/c1-12-7-9-13(10-8-12)17-15(11-16(21)20(17)2)18(22)19-14-5-3-4-6-14/h7-10,14-15,17H,3-6,11H2,1-2H3,(H,19,22)/t15-,17+/m0/s1. The summed E-state index contributed by atoms with van der Waals surface area (Å²) >= 11 is 0. The Bertz CT molecular complexity index is 561. The minimum atomic E-state index is -0.277. The number of aryl methyl sites for hydroxylation is 1. The lowest BCUT2D eigenvalue weighted by molar-refractivity contribution is -0.128. The van der Waals surface area contributed by atoms with Crippen LogP contribution in [0, 0.1) is 12.8 Å². The normalized spacial score (nSPS) is 25.7. The van der Waals surface area contributed by atoms with Crippen molar-refractivity contribution in [1.82, 2.24) is 10.2 Å². The largest absolute Gasteiger partial charge is 0.353 e. The topological polar surface area (TPSA) is 49.4 Å². The highest BCUT2D eigenvalue weighted by molar-refractivity contribution is 5.90. The van der Waals surface area contributed by atoms with Gasteiger partial charge in [0.25, 0.3) is 0 Å². The van der Waals surface area contributed by atoms with Crippen LogP contribution in [-0.4, -0.2) is 29.8 Å². The van der Waals surface area contributed by atoms with E-state index in [9.17, 15) is 9.59 Å². The number of amides is 2. The maximum Gasteiger partial charge on any atom is 0.226 e. The van der Waals surface area contributed by atoms with Crippen molar-refractivity contribution in [2.24, 2.45) is 5.92 Å². The molecule has 1 aromatic rings. The number of rotatable bonds is 3. The molecule has 0 aromatic heterocycles. The first-order valence-corrected chi connectivity index (χ1v) is 8.19. The monoisotopic (exact) mass is 300 g/mol. The van der Waals surface area contributed by atoms with Crippen molar-refractivity contribution in [3.05, 3.63) is 35.4 Å². The SMILES string of the molecule is Cc1ccc([C@@H]2[C@@H](C(=O)NC3CCCC3)CC(=O)N2C)cc1. The first-order chi connectivity index (χ1) is 10.6. The molecule has 1 N–H and O–H groups in total. The molecule has 0 bridgehead atoms. The van der Waals surface area contributed by atoms with Gasteiger partial charge in [-0.2, -0.15) is 0 Å². The van der Waals surface area contributed by atoms with E-state index in [2.05, 4.69) is 5.32 Å². The Morgan fingerprint density at radius 2 is 1.82 bits per heavy atom. The lowest BCUT2D eigenvalue weighted by Gasteiger charge is -2.26. The number of benzene rings is 1. The Hall–Kier alpha value is -1.84. The molecule has 0 unspecified atom stereocenters. The fourth-order valence-corrected chi connectivity index (χ4v) is 3.70. The molecule has 1 saturated heterocycles. The summed E-state index contributed by atoms with van der Waals surface area (Å²) in [7, 11) is 1.80. The molecule has 1 aliphatic carbocycles. The molecule has 118 valence electrons. The Labute approximate surface area is 131 Å². The predicted molar refractivity (Wildman–Crippen MR) is 85.2 cm³/mol. The van der Waals surface area contributed by atoms with Crippen LogP contribution in [0.1, 0.15) is 49.3 Å². The van der Waals surface area contributed by atoms with E-state index in [0.717, 1.165) is 18.4 Å². The zero-order valence-corrected chi connectivity index (χ0v) is 13.3. The van der Waals surface area contributed by atoms with Crippen molar-refractivity contribution in [1.29, 1.82) is 0 Å². The molecule has 4 nitrogen and oxygen atoms in total. The molecule has 1 saturated carbocycles. The second-order valence-corrected chi connectivity index (χ2v) is 6.66. The minimum Gasteiger partial charge on any atom is -0.353 e. The molecule has 1 aromatic carbocycles. The summed E-state index contributed by atoms with van der Waals surface area (Å²) in [5, 5.41) is 3.16. The van der Waals surface area contributed by atoms with Gasteiger partial charge in [-0.1, -0.05) is 42.7 Å². The number of carbonyl (C=O) groups excluding carboxylic acids is 2. The summed E-state index contributed by atoms with van der Waals surface area (Å²) in [5.41, 5.74) is 2.23. The van der Waals surface area contributed by atoms with Crippen LogP contribution in [0.3, 0.4) is 0 Å². The third kappa shape index (κ3) is 2.87. The fourth-order valence-electron chi connectivity index (χ4n) is 3.70. The highest BCUT2D eigenvalue weighted by Gasteiger charge is 2.43. The molecular weight excluding hydrogens is 276 g/mol. The summed E-state index contributed by atoms with van der Waals surface area (Å²) in [5.74, 6) is -0.187. The van der Waals surface area contributed by atoms with Crippen molar-refractivity contribution >= 4 is 11.8 Å². The lowest BCUT2D eigenvalue weighted by Crippen LogP contribution is -2.39.